The normalized spacial score (nSPS) is 17.4. The molecule has 0 saturated carbocycles. The predicted octanol–water partition coefficient (Wildman–Crippen LogP) is 2.19. The first kappa shape index (κ1) is 20.1. The van der Waals surface area contributed by atoms with Crippen molar-refractivity contribution >= 4 is 50.5 Å². The zero-order valence-electron chi connectivity index (χ0n) is 15.5. The summed E-state index contributed by atoms with van der Waals surface area (Å²) < 4.78 is 32.9. The molecule has 154 valence electrons. The lowest BCUT2D eigenvalue weighted by molar-refractivity contribution is -0.118. The molecule has 1 fully saturated rings. The van der Waals surface area contributed by atoms with Crippen LogP contribution in [-0.2, 0) is 14.8 Å². The number of amides is 2. The zero-order valence-corrected chi connectivity index (χ0v) is 17.9. The van der Waals surface area contributed by atoms with Gasteiger partial charge >= 0.3 is 0 Å². The lowest BCUT2D eigenvalue weighted by atomic mass is 10.2. The van der Waals surface area contributed by atoms with Crippen LogP contribution in [0, 0.1) is 6.92 Å². The van der Waals surface area contributed by atoms with Gasteiger partial charge in [-0.2, -0.15) is 4.31 Å². The van der Waals surface area contributed by atoms with Gasteiger partial charge in [-0.25, -0.2) is 8.42 Å². The van der Waals surface area contributed by atoms with Gasteiger partial charge in [-0.3, -0.25) is 9.59 Å². The molecule has 4 rings (SSSR count). The van der Waals surface area contributed by atoms with Gasteiger partial charge in [-0.15, -0.1) is 11.3 Å². The predicted molar refractivity (Wildman–Crippen MR) is 109 cm³/mol. The fraction of sp³-hybridized carbons (Fsp3) is 0.333. The monoisotopic (exact) mass is 455 g/mol. The lowest BCUT2D eigenvalue weighted by Crippen LogP contribution is -2.50. The fourth-order valence-electron chi connectivity index (χ4n) is 3.29. The van der Waals surface area contributed by atoms with Crippen molar-refractivity contribution in [3.8, 4) is 5.75 Å². The van der Waals surface area contributed by atoms with E-state index in [1.54, 1.807) is 4.90 Å². The van der Waals surface area contributed by atoms with Gasteiger partial charge in [-0.1, -0.05) is 11.6 Å². The first-order valence-corrected chi connectivity index (χ1v) is 11.6. The van der Waals surface area contributed by atoms with Crippen molar-refractivity contribution < 1.29 is 22.7 Å². The second-order valence-corrected chi connectivity index (χ2v) is 9.97. The molecule has 2 aliphatic rings. The van der Waals surface area contributed by atoms with Crippen LogP contribution < -0.4 is 10.1 Å². The average molecular weight is 456 g/mol. The molecule has 8 nitrogen and oxygen atoms in total. The Kier molecular flexibility index (Phi) is 5.28. The SMILES string of the molecule is Cc1ccsc1C(=O)N1CCN(S(=O)(=O)c2cc3c(cc2Cl)NC(=O)CO3)CC1. The number of ether oxygens (including phenoxy) is 1. The molecule has 2 aliphatic heterocycles. The summed E-state index contributed by atoms with van der Waals surface area (Å²) in [5.74, 6) is -0.147. The third-order valence-electron chi connectivity index (χ3n) is 4.87. The van der Waals surface area contributed by atoms with E-state index >= 15 is 0 Å². The molecule has 0 radical (unpaired) electrons. The van der Waals surface area contributed by atoms with E-state index in [1.807, 2.05) is 18.4 Å². The topological polar surface area (TPSA) is 96.0 Å². The smallest absolute Gasteiger partial charge is 0.264 e. The molecule has 11 heteroatoms. The third kappa shape index (κ3) is 3.73. The molecule has 1 saturated heterocycles. The number of sulfonamides is 1. The van der Waals surface area contributed by atoms with Crippen molar-refractivity contribution in [2.24, 2.45) is 0 Å². The maximum absolute atomic E-state index is 13.1. The summed E-state index contributed by atoms with van der Waals surface area (Å²) in [7, 11) is -3.88. The summed E-state index contributed by atoms with van der Waals surface area (Å²) in [6.07, 6.45) is 0. The standard InChI is InChI=1S/C18H18ClN3O5S2/c1-11-2-7-28-17(11)18(24)21-3-5-22(6-4-21)29(25,26)15-9-14-13(8-12(15)19)20-16(23)10-27-14/h2,7-9H,3-6,10H2,1H3,(H,20,23). The molecule has 0 unspecified atom stereocenters. The summed E-state index contributed by atoms with van der Waals surface area (Å²) in [5.41, 5.74) is 1.26. The molecule has 0 spiro atoms. The number of hydrogen-bond acceptors (Lipinski definition) is 6. The van der Waals surface area contributed by atoms with E-state index in [0.717, 1.165) is 5.56 Å². The van der Waals surface area contributed by atoms with Gasteiger partial charge in [-0.05, 0) is 30.0 Å². The van der Waals surface area contributed by atoms with Gasteiger partial charge in [0.2, 0.25) is 10.0 Å². The van der Waals surface area contributed by atoms with Crippen molar-refractivity contribution in [3.05, 3.63) is 39.0 Å². The van der Waals surface area contributed by atoms with E-state index in [-0.39, 0.29) is 47.2 Å². The number of carbonyl (C=O) groups excluding carboxylic acids is 2. The van der Waals surface area contributed by atoms with Crippen molar-refractivity contribution in [3.63, 3.8) is 0 Å². The van der Waals surface area contributed by atoms with Gasteiger partial charge in [0.15, 0.2) is 6.61 Å². The summed E-state index contributed by atoms with van der Waals surface area (Å²) >= 11 is 7.59. The Bertz CT molecular complexity index is 1090. The maximum atomic E-state index is 13.1. The van der Waals surface area contributed by atoms with Gasteiger partial charge in [0.1, 0.15) is 10.6 Å². The van der Waals surface area contributed by atoms with Crippen molar-refractivity contribution in [1.82, 2.24) is 9.21 Å². The van der Waals surface area contributed by atoms with Gasteiger partial charge in [0.25, 0.3) is 11.8 Å². The molecule has 1 aromatic carbocycles. The minimum atomic E-state index is -3.88. The second-order valence-electron chi connectivity index (χ2n) is 6.74. The van der Waals surface area contributed by atoms with Crippen LogP contribution in [0.2, 0.25) is 5.02 Å². The number of benzene rings is 1. The van der Waals surface area contributed by atoms with Crippen molar-refractivity contribution in [2.75, 3.05) is 38.1 Å². The van der Waals surface area contributed by atoms with Crippen LogP contribution in [0.1, 0.15) is 15.2 Å². The fourth-order valence-corrected chi connectivity index (χ4v) is 6.12. The summed E-state index contributed by atoms with van der Waals surface area (Å²) in [4.78, 5) is 26.3. The zero-order chi connectivity index (χ0) is 20.8. The van der Waals surface area contributed by atoms with E-state index in [2.05, 4.69) is 5.32 Å². The molecule has 0 aliphatic carbocycles. The number of nitrogens with one attached hydrogen (secondary N) is 1. The average Bonchev–Trinajstić information content (AvgIpc) is 3.12. The second kappa shape index (κ2) is 7.60. The Morgan fingerprint density at radius 1 is 1.24 bits per heavy atom. The highest BCUT2D eigenvalue weighted by Crippen LogP contribution is 2.37. The molecular weight excluding hydrogens is 438 g/mol. The molecule has 0 bridgehead atoms. The number of halogens is 1. The van der Waals surface area contributed by atoms with Crippen LogP contribution in [0.4, 0.5) is 5.69 Å². The summed E-state index contributed by atoms with van der Waals surface area (Å²) in [6.45, 7) is 2.63. The van der Waals surface area contributed by atoms with Gasteiger partial charge < -0.3 is 15.0 Å². The number of piperazine rings is 1. The largest absolute Gasteiger partial charge is 0.482 e. The number of anilines is 1. The Labute approximate surface area is 177 Å². The number of fused-ring (bicyclic) bond motifs is 1. The number of carbonyl (C=O) groups is 2. The number of hydrogen-bond donors (Lipinski definition) is 1. The molecule has 2 aromatic rings. The molecule has 1 N–H and O–H groups in total. The Morgan fingerprint density at radius 3 is 2.62 bits per heavy atom. The maximum Gasteiger partial charge on any atom is 0.264 e. The molecule has 1 aromatic heterocycles. The molecular formula is C18H18ClN3O5S2. The van der Waals surface area contributed by atoms with Gasteiger partial charge in [0, 0.05) is 32.2 Å². The first-order chi connectivity index (χ1) is 13.8. The minimum Gasteiger partial charge on any atom is -0.482 e. The number of rotatable bonds is 3. The number of aryl methyl sites for hydroxylation is 1. The highest BCUT2D eigenvalue weighted by Gasteiger charge is 2.33. The van der Waals surface area contributed by atoms with Crippen LogP contribution in [0.15, 0.2) is 28.5 Å². The molecule has 0 atom stereocenters. The number of nitrogens with zero attached hydrogens (tertiary/aromatic N) is 2. The molecule has 3 heterocycles. The van der Waals surface area contributed by atoms with E-state index < -0.39 is 10.0 Å². The van der Waals surface area contributed by atoms with Gasteiger partial charge in [0.05, 0.1) is 15.6 Å². The van der Waals surface area contributed by atoms with Crippen LogP contribution in [0.3, 0.4) is 0 Å². The highest BCUT2D eigenvalue weighted by atomic mass is 35.5. The Balaban J connectivity index is 1.52. The lowest BCUT2D eigenvalue weighted by Gasteiger charge is -2.34. The molecule has 2 amide bonds. The van der Waals surface area contributed by atoms with E-state index in [4.69, 9.17) is 16.3 Å². The van der Waals surface area contributed by atoms with Crippen molar-refractivity contribution in [2.45, 2.75) is 11.8 Å². The quantitative estimate of drug-likeness (QED) is 0.765. The number of thiophene rings is 1. The highest BCUT2D eigenvalue weighted by molar-refractivity contribution is 7.89. The van der Waals surface area contributed by atoms with Crippen LogP contribution in [0.25, 0.3) is 0 Å². The van der Waals surface area contributed by atoms with Crippen molar-refractivity contribution in [1.29, 1.82) is 0 Å². The van der Waals surface area contributed by atoms with Crippen LogP contribution in [-0.4, -0.2) is 62.2 Å². The van der Waals surface area contributed by atoms with E-state index in [0.29, 0.717) is 23.7 Å². The Morgan fingerprint density at radius 2 is 1.97 bits per heavy atom. The van der Waals surface area contributed by atoms with Crippen LogP contribution in [0.5, 0.6) is 5.75 Å². The minimum absolute atomic E-state index is 0.00210. The van der Waals surface area contributed by atoms with E-state index in [1.165, 1.54) is 27.8 Å². The summed E-state index contributed by atoms with van der Waals surface area (Å²) in [5, 5.41) is 4.46. The first-order valence-electron chi connectivity index (χ1n) is 8.87. The summed E-state index contributed by atoms with van der Waals surface area (Å²) in [6, 6.07) is 4.60. The van der Waals surface area contributed by atoms with Crippen LogP contribution >= 0.6 is 22.9 Å². The Hall–Kier alpha value is -2.14. The molecule has 29 heavy (non-hydrogen) atoms. The van der Waals surface area contributed by atoms with E-state index in [9.17, 15) is 18.0 Å². The third-order valence-corrected chi connectivity index (χ3v) is 8.23.